The van der Waals surface area contributed by atoms with Crippen LogP contribution in [0.2, 0.25) is 10.0 Å². The highest BCUT2D eigenvalue weighted by Gasteiger charge is 2.14. The Labute approximate surface area is 168 Å². The Balaban J connectivity index is 1.37. The van der Waals surface area contributed by atoms with Gasteiger partial charge in [-0.25, -0.2) is 9.97 Å². The molecule has 0 radical (unpaired) electrons. The first-order valence-corrected chi connectivity index (χ1v) is 9.53. The van der Waals surface area contributed by atoms with Crippen LogP contribution in [0.4, 0.5) is 11.6 Å². The molecule has 7 nitrogen and oxygen atoms in total. The standard InChI is InChI=1S/C18H21Cl2N5O2/c19-13-3-4-15(14(20)9-13)27-11-18(26)22-6-5-21-16-10-17(24-12-23-16)25-7-1-2-8-25/h3-4,9-10,12H,1-2,5-8,11H2,(H,22,26)(H,21,23,24). The molecule has 2 heterocycles. The lowest BCUT2D eigenvalue weighted by atomic mass is 10.3. The van der Waals surface area contributed by atoms with Crippen molar-refractivity contribution in [3.8, 4) is 5.75 Å². The van der Waals surface area contributed by atoms with Crippen LogP contribution in [-0.4, -0.2) is 48.7 Å². The van der Waals surface area contributed by atoms with E-state index in [4.69, 9.17) is 27.9 Å². The Morgan fingerprint density at radius 1 is 1.15 bits per heavy atom. The fraction of sp³-hybridized carbons (Fsp3) is 0.389. The molecular formula is C18H21Cl2N5O2. The van der Waals surface area contributed by atoms with E-state index in [0.717, 1.165) is 24.7 Å². The van der Waals surface area contributed by atoms with E-state index in [-0.39, 0.29) is 12.5 Å². The van der Waals surface area contributed by atoms with Crippen LogP contribution in [0.5, 0.6) is 5.75 Å². The van der Waals surface area contributed by atoms with Gasteiger partial charge in [0.15, 0.2) is 6.61 Å². The summed E-state index contributed by atoms with van der Waals surface area (Å²) in [5.41, 5.74) is 0. The number of halogens is 2. The molecule has 27 heavy (non-hydrogen) atoms. The van der Waals surface area contributed by atoms with E-state index in [0.29, 0.717) is 28.9 Å². The van der Waals surface area contributed by atoms with Gasteiger partial charge in [0.2, 0.25) is 0 Å². The van der Waals surface area contributed by atoms with Crippen molar-refractivity contribution in [2.75, 3.05) is 43.0 Å². The van der Waals surface area contributed by atoms with Gasteiger partial charge >= 0.3 is 0 Å². The van der Waals surface area contributed by atoms with Gasteiger partial charge in [0.25, 0.3) is 5.91 Å². The quantitative estimate of drug-likeness (QED) is 0.652. The zero-order valence-corrected chi connectivity index (χ0v) is 16.3. The first-order chi connectivity index (χ1) is 13.1. The summed E-state index contributed by atoms with van der Waals surface area (Å²) in [6.07, 6.45) is 3.95. The number of benzene rings is 1. The Morgan fingerprint density at radius 2 is 1.96 bits per heavy atom. The van der Waals surface area contributed by atoms with Crippen LogP contribution in [0.25, 0.3) is 0 Å². The highest BCUT2D eigenvalue weighted by Crippen LogP contribution is 2.27. The summed E-state index contributed by atoms with van der Waals surface area (Å²) in [5, 5.41) is 6.84. The number of hydrogen-bond acceptors (Lipinski definition) is 6. The minimum absolute atomic E-state index is 0.117. The average molecular weight is 410 g/mol. The van der Waals surface area contributed by atoms with Gasteiger partial charge in [0.05, 0.1) is 5.02 Å². The SMILES string of the molecule is O=C(COc1ccc(Cl)cc1Cl)NCCNc1cc(N2CCCC2)ncn1. The summed E-state index contributed by atoms with van der Waals surface area (Å²) in [6, 6.07) is 6.78. The second-order valence-electron chi connectivity index (χ2n) is 6.10. The van der Waals surface area contributed by atoms with Crippen LogP contribution in [0.15, 0.2) is 30.6 Å². The summed E-state index contributed by atoms with van der Waals surface area (Å²) in [4.78, 5) is 22.6. The second kappa shape index (κ2) is 9.62. The van der Waals surface area contributed by atoms with Crippen LogP contribution in [0.3, 0.4) is 0 Å². The number of hydrogen-bond donors (Lipinski definition) is 2. The zero-order chi connectivity index (χ0) is 19.1. The molecule has 2 aromatic rings. The van der Waals surface area contributed by atoms with Crippen molar-refractivity contribution >= 4 is 40.7 Å². The van der Waals surface area contributed by atoms with Gasteiger partial charge < -0.3 is 20.3 Å². The molecule has 3 rings (SSSR count). The van der Waals surface area contributed by atoms with Crippen molar-refractivity contribution in [1.29, 1.82) is 0 Å². The third-order valence-corrected chi connectivity index (χ3v) is 4.62. The molecule has 1 amide bonds. The number of carbonyl (C=O) groups is 1. The highest BCUT2D eigenvalue weighted by molar-refractivity contribution is 6.35. The maximum absolute atomic E-state index is 11.9. The smallest absolute Gasteiger partial charge is 0.258 e. The van der Waals surface area contributed by atoms with Crippen LogP contribution in [0, 0.1) is 0 Å². The maximum atomic E-state index is 11.9. The van der Waals surface area contributed by atoms with Crippen molar-refractivity contribution in [1.82, 2.24) is 15.3 Å². The minimum Gasteiger partial charge on any atom is -0.482 e. The van der Waals surface area contributed by atoms with Crippen molar-refractivity contribution in [3.63, 3.8) is 0 Å². The lowest BCUT2D eigenvalue weighted by molar-refractivity contribution is -0.123. The summed E-state index contributed by atoms with van der Waals surface area (Å²) < 4.78 is 5.39. The number of anilines is 2. The molecule has 1 aliphatic rings. The van der Waals surface area contributed by atoms with Crippen LogP contribution in [0.1, 0.15) is 12.8 Å². The lowest BCUT2D eigenvalue weighted by Gasteiger charge is -2.16. The minimum atomic E-state index is -0.233. The number of amides is 1. The van der Waals surface area contributed by atoms with Gasteiger partial charge in [0.1, 0.15) is 23.7 Å². The number of ether oxygens (including phenoxy) is 1. The van der Waals surface area contributed by atoms with Gasteiger partial charge in [-0.15, -0.1) is 0 Å². The summed E-state index contributed by atoms with van der Waals surface area (Å²) >= 11 is 11.8. The van der Waals surface area contributed by atoms with Crippen molar-refractivity contribution in [2.45, 2.75) is 12.8 Å². The molecule has 0 unspecified atom stereocenters. The number of nitrogens with zero attached hydrogens (tertiary/aromatic N) is 3. The van der Waals surface area contributed by atoms with Gasteiger partial charge in [-0.1, -0.05) is 23.2 Å². The highest BCUT2D eigenvalue weighted by atomic mass is 35.5. The Morgan fingerprint density at radius 3 is 2.74 bits per heavy atom. The lowest BCUT2D eigenvalue weighted by Crippen LogP contribution is -2.32. The van der Waals surface area contributed by atoms with E-state index in [9.17, 15) is 4.79 Å². The Hall–Kier alpha value is -2.25. The predicted molar refractivity (Wildman–Crippen MR) is 107 cm³/mol. The monoisotopic (exact) mass is 409 g/mol. The largest absolute Gasteiger partial charge is 0.482 e. The fourth-order valence-corrected chi connectivity index (χ4v) is 3.21. The number of aromatic nitrogens is 2. The van der Waals surface area contributed by atoms with Crippen LogP contribution in [-0.2, 0) is 4.79 Å². The zero-order valence-electron chi connectivity index (χ0n) is 14.8. The van der Waals surface area contributed by atoms with Gasteiger partial charge in [-0.3, -0.25) is 4.79 Å². The molecule has 0 aliphatic carbocycles. The van der Waals surface area contributed by atoms with Gasteiger partial charge in [-0.05, 0) is 31.0 Å². The fourth-order valence-electron chi connectivity index (χ4n) is 2.74. The number of nitrogens with one attached hydrogen (secondary N) is 2. The Bertz CT molecular complexity index is 784. The topological polar surface area (TPSA) is 79.4 Å². The van der Waals surface area contributed by atoms with E-state index in [1.807, 2.05) is 6.07 Å². The normalized spacial score (nSPS) is 13.5. The second-order valence-corrected chi connectivity index (χ2v) is 6.94. The van der Waals surface area contributed by atoms with E-state index in [1.165, 1.54) is 12.8 Å². The molecule has 1 aromatic carbocycles. The molecule has 0 saturated carbocycles. The van der Waals surface area contributed by atoms with E-state index < -0.39 is 0 Å². The maximum Gasteiger partial charge on any atom is 0.258 e. The van der Waals surface area contributed by atoms with Gasteiger partial charge in [-0.2, -0.15) is 0 Å². The summed E-state index contributed by atoms with van der Waals surface area (Å²) in [5.74, 6) is 1.86. The molecule has 1 aromatic heterocycles. The summed E-state index contributed by atoms with van der Waals surface area (Å²) in [6.45, 7) is 2.94. The van der Waals surface area contributed by atoms with E-state index in [1.54, 1.807) is 24.5 Å². The molecule has 2 N–H and O–H groups in total. The van der Waals surface area contributed by atoms with Crippen molar-refractivity contribution < 1.29 is 9.53 Å². The Kier molecular flexibility index (Phi) is 6.95. The molecule has 1 saturated heterocycles. The third kappa shape index (κ3) is 5.87. The molecule has 9 heteroatoms. The third-order valence-electron chi connectivity index (χ3n) is 4.09. The molecule has 1 fully saturated rings. The molecule has 0 atom stereocenters. The molecule has 144 valence electrons. The number of rotatable bonds is 8. The van der Waals surface area contributed by atoms with Crippen LogP contribution < -0.4 is 20.3 Å². The first-order valence-electron chi connectivity index (χ1n) is 8.77. The van der Waals surface area contributed by atoms with Gasteiger partial charge in [0, 0.05) is 37.3 Å². The number of carbonyl (C=O) groups excluding carboxylic acids is 1. The first kappa shape index (κ1) is 19.5. The predicted octanol–water partition coefficient (Wildman–Crippen LogP) is 2.99. The average Bonchev–Trinajstić information content (AvgIpc) is 3.20. The molecule has 0 bridgehead atoms. The van der Waals surface area contributed by atoms with E-state index >= 15 is 0 Å². The molecular weight excluding hydrogens is 389 g/mol. The van der Waals surface area contributed by atoms with Crippen LogP contribution >= 0.6 is 23.2 Å². The van der Waals surface area contributed by atoms with Crippen molar-refractivity contribution in [3.05, 3.63) is 40.6 Å². The summed E-state index contributed by atoms with van der Waals surface area (Å²) in [7, 11) is 0. The molecule has 0 spiro atoms. The van der Waals surface area contributed by atoms with Crippen molar-refractivity contribution in [2.24, 2.45) is 0 Å². The van der Waals surface area contributed by atoms with E-state index in [2.05, 4.69) is 25.5 Å². The molecule has 1 aliphatic heterocycles.